The van der Waals surface area contributed by atoms with Crippen LogP contribution in [0.4, 0.5) is 5.82 Å². The molecule has 0 radical (unpaired) electrons. The van der Waals surface area contributed by atoms with Crippen molar-refractivity contribution in [1.29, 1.82) is 0 Å². The lowest BCUT2D eigenvalue weighted by molar-refractivity contribution is -0.126. The Morgan fingerprint density at radius 2 is 1.93 bits per heavy atom. The molecule has 1 aromatic carbocycles. The van der Waals surface area contributed by atoms with E-state index in [9.17, 15) is 4.79 Å². The Labute approximate surface area is 172 Å². The number of benzene rings is 1. The Balaban J connectivity index is 1.36. The van der Waals surface area contributed by atoms with Crippen molar-refractivity contribution in [1.82, 2.24) is 14.9 Å². The molecule has 2 heterocycles. The Bertz CT molecular complexity index is 946. The zero-order valence-corrected chi connectivity index (χ0v) is 16.9. The van der Waals surface area contributed by atoms with Crippen LogP contribution < -0.4 is 4.90 Å². The van der Waals surface area contributed by atoms with Crippen LogP contribution in [0.2, 0.25) is 0 Å². The van der Waals surface area contributed by atoms with E-state index in [1.807, 2.05) is 4.90 Å². The molecule has 0 unspecified atom stereocenters. The molecule has 0 saturated carbocycles. The number of aromatic nitrogens is 2. The normalized spacial score (nSPS) is 20.9. The molecule has 1 atom stereocenters. The average Bonchev–Trinajstić information content (AvgIpc) is 3.27. The number of hydrogen-bond donors (Lipinski definition) is 0. The standard InChI is InChI=1S/C24H28N4O/c1-2-23(29)27-11-13-28(14-12-27)24-21-10-9-18(15-22(21)25-16-26-24)20-8-4-6-17-5-3-7-19(17)20/h2,4,6,8,16,18H,1,3,5,7,9-15H2/t18-/m0/s1. The first-order chi connectivity index (χ1) is 14.2. The maximum absolute atomic E-state index is 11.9. The first kappa shape index (κ1) is 18.3. The van der Waals surface area contributed by atoms with Crippen LogP contribution in [0.3, 0.4) is 0 Å². The van der Waals surface area contributed by atoms with Gasteiger partial charge in [0, 0.05) is 37.4 Å². The molecule has 1 aromatic heterocycles. The van der Waals surface area contributed by atoms with Crippen LogP contribution in [0.25, 0.3) is 0 Å². The number of fused-ring (bicyclic) bond motifs is 2. The molecular weight excluding hydrogens is 360 g/mol. The fourth-order valence-electron chi connectivity index (χ4n) is 5.36. The number of carbonyl (C=O) groups is 1. The highest BCUT2D eigenvalue weighted by Crippen LogP contribution is 2.39. The molecule has 29 heavy (non-hydrogen) atoms. The smallest absolute Gasteiger partial charge is 0.246 e. The van der Waals surface area contributed by atoms with E-state index in [-0.39, 0.29) is 5.91 Å². The lowest BCUT2D eigenvalue weighted by atomic mass is 9.80. The molecule has 0 N–H and O–H groups in total. The summed E-state index contributed by atoms with van der Waals surface area (Å²) in [7, 11) is 0. The summed E-state index contributed by atoms with van der Waals surface area (Å²) in [5.41, 5.74) is 7.26. The van der Waals surface area contributed by atoms with Gasteiger partial charge in [0.1, 0.15) is 12.1 Å². The molecule has 1 saturated heterocycles. The Morgan fingerprint density at radius 1 is 1.07 bits per heavy atom. The molecular formula is C24H28N4O. The van der Waals surface area contributed by atoms with Crippen molar-refractivity contribution in [2.24, 2.45) is 0 Å². The van der Waals surface area contributed by atoms with Crippen LogP contribution in [0.15, 0.2) is 37.2 Å². The van der Waals surface area contributed by atoms with E-state index in [0.29, 0.717) is 5.92 Å². The molecule has 5 heteroatoms. The van der Waals surface area contributed by atoms with Gasteiger partial charge in [-0.1, -0.05) is 24.8 Å². The monoisotopic (exact) mass is 388 g/mol. The van der Waals surface area contributed by atoms with Gasteiger partial charge in [-0.15, -0.1) is 0 Å². The van der Waals surface area contributed by atoms with Gasteiger partial charge in [-0.2, -0.15) is 0 Å². The van der Waals surface area contributed by atoms with Gasteiger partial charge in [-0.3, -0.25) is 4.79 Å². The van der Waals surface area contributed by atoms with Crippen LogP contribution >= 0.6 is 0 Å². The third kappa shape index (κ3) is 3.33. The van der Waals surface area contributed by atoms with E-state index in [4.69, 9.17) is 0 Å². The first-order valence-electron chi connectivity index (χ1n) is 10.8. The minimum atomic E-state index is 0.0209. The highest BCUT2D eigenvalue weighted by molar-refractivity contribution is 5.87. The summed E-state index contributed by atoms with van der Waals surface area (Å²) >= 11 is 0. The van der Waals surface area contributed by atoms with Crippen molar-refractivity contribution in [2.45, 2.75) is 44.4 Å². The van der Waals surface area contributed by atoms with Gasteiger partial charge in [0.25, 0.3) is 0 Å². The van der Waals surface area contributed by atoms with Gasteiger partial charge in [-0.05, 0) is 67.2 Å². The topological polar surface area (TPSA) is 49.3 Å². The summed E-state index contributed by atoms with van der Waals surface area (Å²) in [6, 6.07) is 6.89. The fraction of sp³-hybridized carbons (Fsp3) is 0.458. The van der Waals surface area contributed by atoms with Gasteiger partial charge in [0.15, 0.2) is 0 Å². The largest absolute Gasteiger partial charge is 0.353 e. The SMILES string of the molecule is C=CC(=O)N1CCN(c2ncnc3c2CC[C@H](c2cccc4c2CCC4)C3)CC1. The van der Waals surface area contributed by atoms with E-state index in [2.05, 4.69) is 39.6 Å². The number of rotatable bonds is 3. The molecule has 5 nitrogen and oxygen atoms in total. The third-order valence-corrected chi connectivity index (χ3v) is 6.88. The van der Waals surface area contributed by atoms with Crippen molar-refractivity contribution < 1.29 is 4.79 Å². The maximum Gasteiger partial charge on any atom is 0.246 e. The summed E-state index contributed by atoms with van der Waals surface area (Å²) in [5.74, 6) is 1.67. The molecule has 150 valence electrons. The van der Waals surface area contributed by atoms with Crippen LogP contribution in [0.5, 0.6) is 0 Å². The van der Waals surface area contributed by atoms with Gasteiger partial charge >= 0.3 is 0 Å². The Morgan fingerprint density at radius 3 is 2.76 bits per heavy atom. The van der Waals surface area contributed by atoms with Crippen LogP contribution in [0, 0.1) is 0 Å². The number of nitrogens with zero attached hydrogens (tertiary/aromatic N) is 4. The zero-order valence-electron chi connectivity index (χ0n) is 16.9. The second-order valence-corrected chi connectivity index (χ2v) is 8.42. The van der Waals surface area contributed by atoms with Crippen molar-refractivity contribution in [3.05, 3.63) is 65.1 Å². The number of amides is 1. The highest BCUT2D eigenvalue weighted by atomic mass is 16.2. The number of aryl methyl sites for hydroxylation is 1. The van der Waals surface area contributed by atoms with Gasteiger partial charge < -0.3 is 9.80 Å². The lowest BCUT2D eigenvalue weighted by Crippen LogP contribution is -2.49. The predicted molar refractivity (Wildman–Crippen MR) is 114 cm³/mol. The fourth-order valence-corrected chi connectivity index (χ4v) is 5.36. The lowest BCUT2D eigenvalue weighted by Gasteiger charge is -2.37. The first-order valence-corrected chi connectivity index (χ1v) is 10.8. The average molecular weight is 389 g/mol. The van der Waals surface area contributed by atoms with E-state index in [1.165, 1.54) is 43.0 Å². The molecule has 1 fully saturated rings. The van der Waals surface area contributed by atoms with E-state index in [0.717, 1.165) is 44.8 Å². The summed E-state index contributed by atoms with van der Waals surface area (Å²) in [6.07, 6.45) is 10.1. The minimum absolute atomic E-state index is 0.0209. The second kappa shape index (κ2) is 7.62. The van der Waals surface area contributed by atoms with Crippen molar-refractivity contribution in [2.75, 3.05) is 31.1 Å². The highest BCUT2D eigenvalue weighted by Gasteiger charge is 2.29. The van der Waals surface area contributed by atoms with Crippen molar-refractivity contribution >= 4 is 11.7 Å². The van der Waals surface area contributed by atoms with Crippen LogP contribution in [-0.4, -0.2) is 47.0 Å². The molecule has 2 aliphatic carbocycles. The van der Waals surface area contributed by atoms with Crippen LogP contribution in [0.1, 0.15) is 46.7 Å². The van der Waals surface area contributed by atoms with E-state index in [1.54, 1.807) is 23.0 Å². The molecule has 2 aromatic rings. The molecule has 0 spiro atoms. The molecule has 0 bridgehead atoms. The number of piperazine rings is 1. The molecule has 1 aliphatic heterocycles. The summed E-state index contributed by atoms with van der Waals surface area (Å²) in [4.78, 5) is 25.4. The molecule has 3 aliphatic rings. The summed E-state index contributed by atoms with van der Waals surface area (Å²) in [5, 5.41) is 0. The number of carbonyl (C=O) groups excluding carboxylic acids is 1. The Kier molecular flexibility index (Phi) is 4.82. The van der Waals surface area contributed by atoms with Crippen molar-refractivity contribution in [3.8, 4) is 0 Å². The third-order valence-electron chi connectivity index (χ3n) is 6.88. The maximum atomic E-state index is 11.9. The predicted octanol–water partition coefficient (Wildman–Crippen LogP) is 3.07. The Hall–Kier alpha value is -2.69. The molecule has 5 rings (SSSR count). The van der Waals surface area contributed by atoms with E-state index >= 15 is 0 Å². The molecule has 1 amide bonds. The zero-order chi connectivity index (χ0) is 19.8. The second-order valence-electron chi connectivity index (χ2n) is 8.42. The van der Waals surface area contributed by atoms with Crippen LogP contribution in [-0.2, 0) is 30.5 Å². The van der Waals surface area contributed by atoms with Gasteiger partial charge in [0.2, 0.25) is 5.91 Å². The van der Waals surface area contributed by atoms with Gasteiger partial charge in [0.05, 0.1) is 0 Å². The minimum Gasteiger partial charge on any atom is -0.353 e. The summed E-state index contributed by atoms with van der Waals surface area (Å²) < 4.78 is 0. The number of anilines is 1. The quantitative estimate of drug-likeness (QED) is 0.759. The van der Waals surface area contributed by atoms with Gasteiger partial charge in [-0.25, -0.2) is 9.97 Å². The van der Waals surface area contributed by atoms with E-state index < -0.39 is 0 Å². The summed E-state index contributed by atoms with van der Waals surface area (Å²) in [6.45, 7) is 6.68. The number of hydrogen-bond acceptors (Lipinski definition) is 4. The van der Waals surface area contributed by atoms with Crippen molar-refractivity contribution in [3.63, 3.8) is 0 Å².